The fourth-order valence-electron chi connectivity index (χ4n) is 3.42. The average molecular weight is 294 g/mol. The minimum Gasteiger partial charge on any atom is -0.370 e. The van der Waals surface area contributed by atoms with E-state index < -0.39 is 0 Å². The van der Waals surface area contributed by atoms with Gasteiger partial charge in [-0.15, -0.1) is 0 Å². The van der Waals surface area contributed by atoms with Gasteiger partial charge in [0.05, 0.1) is 0 Å². The van der Waals surface area contributed by atoms with Crippen molar-refractivity contribution in [2.45, 2.75) is 46.0 Å². The first-order valence-corrected chi connectivity index (χ1v) is 8.37. The monoisotopic (exact) mass is 294 g/mol. The molecule has 0 spiro atoms. The molecule has 0 saturated carbocycles. The Kier molecular flexibility index (Phi) is 4.19. The number of hydrogen-bond donors (Lipinski definition) is 1. The minimum absolute atomic E-state index is 0.323. The highest BCUT2D eigenvalue weighted by Gasteiger charge is 2.33. The molecule has 1 atom stereocenters. The Morgan fingerprint density at radius 2 is 1.95 bits per heavy atom. The molecule has 1 aromatic heterocycles. The Morgan fingerprint density at radius 1 is 1.18 bits per heavy atom. The predicted molar refractivity (Wildman–Crippen MR) is 93.4 cm³/mol. The molecule has 0 aliphatic carbocycles. The maximum Gasteiger partial charge on any atom is 0.129 e. The van der Waals surface area contributed by atoms with E-state index in [0.29, 0.717) is 11.3 Å². The molecular weight excluding hydrogens is 268 g/mol. The van der Waals surface area contributed by atoms with Crippen molar-refractivity contribution in [3.8, 4) is 0 Å². The highest BCUT2D eigenvalue weighted by molar-refractivity contribution is 5.51. The normalized spacial score (nSPS) is 17.7. The lowest BCUT2D eigenvalue weighted by atomic mass is 9.70. The molecule has 2 nitrogen and oxygen atoms in total. The van der Waals surface area contributed by atoms with E-state index in [1.807, 2.05) is 6.20 Å². The van der Waals surface area contributed by atoms with Gasteiger partial charge in [-0.05, 0) is 46.9 Å². The second-order valence-electron chi connectivity index (χ2n) is 7.05. The fraction of sp³-hybridized carbons (Fsp3) is 0.450. The summed E-state index contributed by atoms with van der Waals surface area (Å²) in [7, 11) is 0. The van der Waals surface area contributed by atoms with Crippen LogP contribution in [0, 0.1) is 5.41 Å². The van der Waals surface area contributed by atoms with Gasteiger partial charge >= 0.3 is 0 Å². The number of rotatable bonds is 4. The number of pyridine rings is 1. The number of nitrogens with zero attached hydrogens (tertiary/aromatic N) is 1. The Balaban J connectivity index is 1.92. The molecule has 22 heavy (non-hydrogen) atoms. The zero-order chi connectivity index (χ0) is 15.6. The molecule has 3 rings (SSSR count). The van der Waals surface area contributed by atoms with Gasteiger partial charge in [0.1, 0.15) is 5.82 Å². The van der Waals surface area contributed by atoms with Gasteiger partial charge in [0.15, 0.2) is 0 Å². The van der Waals surface area contributed by atoms with Crippen LogP contribution in [0.15, 0.2) is 42.6 Å². The molecule has 0 bridgehead atoms. The number of aromatic nitrogens is 1. The number of benzene rings is 1. The quantitative estimate of drug-likeness (QED) is 0.857. The SMILES string of the molecule is CCC(C)(C)C1CCNc2ncc(Cc3ccccc3)cc21. The van der Waals surface area contributed by atoms with Gasteiger partial charge in [-0.1, -0.05) is 57.5 Å². The van der Waals surface area contributed by atoms with Crippen LogP contribution in [0.5, 0.6) is 0 Å². The van der Waals surface area contributed by atoms with E-state index in [1.54, 1.807) is 0 Å². The summed E-state index contributed by atoms with van der Waals surface area (Å²) >= 11 is 0. The minimum atomic E-state index is 0.323. The van der Waals surface area contributed by atoms with E-state index >= 15 is 0 Å². The standard InChI is InChI=1S/C20H26N2/c1-4-20(2,3)18-10-11-21-19-17(18)13-16(14-22-19)12-15-8-6-5-7-9-15/h5-9,13-14,18H,4,10-12H2,1-3H3,(H,21,22). The largest absolute Gasteiger partial charge is 0.370 e. The molecule has 0 fully saturated rings. The van der Waals surface area contributed by atoms with Crippen molar-refractivity contribution in [3.05, 3.63) is 59.3 Å². The van der Waals surface area contributed by atoms with Gasteiger partial charge in [-0.3, -0.25) is 0 Å². The molecule has 1 unspecified atom stereocenters. The van der Waals surface area contributed by atoms with E-state index in [0.717, 1.165) is 18.8 Å². The van der Waals surface area contributed by atoms with E-state index in [4.69, 9.17) is 4.98 Å². The molecule has 1 aromatic carbocycles. The van der Waals surface area contributed by atoms with E-state index in [9.17, 15) is 0 Å². The molecule has 0 saturated heterocycles. The van der Waals surface area contributed by atoms with Crippen LogP contribution in [0.1, 0.15) is 56.2 Å². The number of hydrogen-bond acceptors (Lipinski definition) is 2. The van der Waals surface area contributed by atoms with Gasteiger partial charge in [0.2, 0.25) is 0 Å². The smallest absolute Gasteiger partial charge is 0.129 e. The van der Waals surface area contributed by atoms with Gasteiger partial charge < -0.3 is 5.32 Å². The Labute approximate surface area is 134 Å². The summed E-state index contributed by atoms with van der Waals surface area (Å²) in [6.45, 7) is 8.10. The second-order valence-corrected chi connectivity index (χ2v) is 7.05. The number of nitrogens with one attached hydrogen (secondary N) is 1. The van der Waals surface area contributed by atoms with Crippen molar-refractivity contribution in [3.63, 3.8) is 0 Å². The van der Waals surface area contributed by atoms with Crippen LogP contribution in [0.4, 0.5) is 5.82 Å². The molecule has 1 N–H and O–H groups in total. The van der Waals surface area contributed by atoms with E-state index in [1.165, 1.54) is 29.5 Å². The summed E-state index contributed by atoms with van der Waals surface area (Å²) in [5.41, 5.74) is 4.39. The third-order valence-corrected chi connectivity index (χ3v) is 5.18. The van der Waals surface area contributed by atoms with Gasteiger partial charge in [-0.25, -0.2) is 4.98 Å². The number of anilines is 1. The van der Waals surface area contributed by atoms with E-state index in [2.05, 4.69) is 62.5 Å². The van der Waals surface area contributed by atoms with Gasteiger partial charge in [0.25, 0.3) is 0 Å². The molecular formula is C20H26N2. The molecule has 2 aromatic rings. The zero-order valence-corrected chi connectivity index (χ0v) is 13.9. The molecule has 1 aliphatic rings. The van der Waals surface area contributed by atoms with Crippen LogP contribution in [0.3, 0.4) is 0 Å². The van der Waals surface area contributed by atoms with Crippen molar-refractivity contribution >= 4 is 5.82 Å². The topological polar surface area (TPSA) is 24.9 Å². The van der Waals surface area contributed by atoms with E-state index in [-0.39, 0.29) is 0 Å². The van der Waals surface area contributed by atoms with Gasteiger partial charge in [0, 0.05) is 12.7 Å². The van der Waals surface area contributed by atoms with Crippen molar-refractivity contribution < 1.29 is 0 Å². The third-order valence-electron chi connectivity index (χ3n) is 5.18. The Morgan fingerprint density at radius 3 is 2.68 bits per heavy atom. The van der Waals surface area contributed by atoms with Crippen molar-refractivity contribution in [2.75, 3.05) is 11.9 Å². The first-order valence-electron chi connectivity index (χ1n) is 8.37. The molecule has 2 heteroatoms. The Bertz CT molecular complexity index is 631. The lowest BCUT2D eigenvalue weighted by Gasteiger charge is -2.38. The van der Waals surface area contributed by atoms with Crippen LogP contribution >= 0.6 is 0 Å². The summed E-state index contributed by atoms with van der Waals surface area (Å²) in [4.78, 5) is 4.70. The highest BCUT2D eigenvalue weighted by Crippen LogP contribution is 2.45. The first kappa shape index (κ1) is 15.1. The summed E-state index contributed by atoms with van der Waals surface area (Å²) in [5.74, 6) is 1.69. The summed E-state index contributed by atoms with van der Waals surface area (Å²) in [6.07, 6.45) is 5.38. The van der Waals surface area contributed by atoms with Crippen LogP contribution in [0.2, 0.25) is 0 Å². The summed E-state index contributed by atoms with van der Waals surface area (Å²) in [6, 6.07) is 13.0. The zero-order valence-electron chi connectivity index (χ0n) is 13.9. The van der Waals surface area contributed by atoms with Crippen LogP contribution in [-0.2, 0) is 6.42 Å². The molecule has 116 valence electrons. The van der Waals surface area contributed by atoms with Gasteiger partial charge in [-0.2, -0.15) is 0 Å². The van der Waals surface area contributed by atoms with Crippen molar-refractivity contribution in [1.82, 2.24) is 4.98 Å². The molecule has 1 aliphatic heterocycles. The van der Waals surface area contributed by atoms with Crippen LogP contribution in [0.25, 0.3) is 0 Å². The maximum absolute atomic E-state index is 4.70. The molecule has 0 radical (unpaired) electrons. The first-order chi connectivity index (χ1) is 10.6. The highest BCUT2D eigenvalue weighted by atomic mass is 15.0. The van der Waals surface area contributed by atoms with Crippen LogP contribution in [-0.4, -0.2) is 11.5 Å². The average Bonchev–Trinajstić information content (AvgIpc) is 2.55. The predicted octanol–water partition coefficient (Wildman–Crippen LogP) is 5.01. The summed E-state index contributed by atoms with van der Waals surface area (Å²) in [5, 5.41) is 3.47. The lowest BCUT2D eigenvalue weighted by Crippen LogP contribution is -2.29. The lowest BCUT2D eigenvalue weighted by molar-refractivity contribution is 0.261. The second kappa shape index (κ2) is 6.12. The Hall–Kier alpha value is -1.83. The van der Waals surface area contributed by atoms with Crippen LogP contribution < -0.4 is 5.32 Å². The van der Waals surface area contributed by atoms with Crippen molar-refractivity contribution in [1.29, 1.82) is 0 Å². The third kappa shape index (κ3) is 3.01. The number of fused-ring (bicyclic) bond motifs is 1. The fourth-order valence-corrected chi connectivity index (χ4v) is 3.42. The van der Waals surface area contributed by atoms with Crippen molar-refractivity contribution in [2.24, 2.45) is 5.41 Å². The summed E-state index contributed by atoms with van der Waals surface area (Å²) < 4.78 is 0. The molecule has 2 heterocycles. The maximum atomic E-state index is 4.70. The molecule has 0 amide bonds.